The molecule has 14 heavy (non-hydrogen) atoms. The van der Waals surface area contributed by atoms with Gasteiger partial charge < -0.3 is 5.32 Å². The largest absolute Gasteiger partial charge is 0.312 e. The second kappa shape index (κ2) is 6.22. The summed E-state index contributed by atoms with van der Waals surface area (Å²) in [6.07, 6.45) is 4.89. The highest BCUT2D eigenvalue weighted by atomic mass is 15.3. The summed E-state index contributed by atoms with van der Waals surface area (Å²) in [6, 6.07) is 0. The Labute approximate surface area is 85.5 Å². The molecule has 0 aliphatic carbocycles. The first kappa shape index (κ1) is 10.8. The summed E-state index contributed by atoms with van der Waals surface area (Å²) in [7, 11) is 0. The smallest absolute Gasteiger partial charge is 0.0534 e. The Morgan fingerprint density at radius 2 is 2.43 bits per heavy atom. The summed E-state index contributed by atoms with van der Waals surface area (Å²) in [5, 5.41) is 7.52. The number of hydrogen-bond acceptors (Lipinski definition) is 2. The molecule has 0 spiro atoms. The van der Waals surface area contributed by atoms with E-state index in [1.54, 1.807) is 0 Å². The summed E-state index contributed by atoms with van der Waals surface area (Å²) in [6.45, 7) is 6.71. The molecule has 1 heterocycles. The summed E-state index contributed by atoms with van der Waals surface area (Å²) < 4.78 is 1.93. The maximum Gasteiger partial charge on any atom is 0.0534 e. The highest BCUT2D eigenvalue weighted by Gasteiger charge is 1.95. The van der Waals surface area contributed by atoms with Crippen LogP contribution in [0.2, 0.25) is 0 Å². The molecular weight excluding hydrogens is 174 g/mol. The van der Waals surface area contributed by atoms with Gasteiger partial charge in [0.15, 0.2) is 0 Å². The molecule has 1 N–H and O–H groups in total. The predicted octanol–water partition coefficient (Wildman–Crippen LogP) is 1.41. The van der Waals surface area contributed by atoms with Crippen molar-refractivity contribution in [1.29, 1.82) is 0 Å². The zero-order valence-corrected chi connectivity index (χ0v) is 8.88. The van der Waals surface area contributed by atoms with Crippen LogP contribution in [-0.4, -0.2) is 16.3 Å². The number of hydrogen-bond donors (Lipinski definition) is 1. The molecule has 0 atom stereocenters. The number of aryl methyl sites for hydroxylation is 1. The van der Waals surface area contributed by atoms with E-state index in [1.165, 1.54) is 5.56 Å². The summed E-state index contributed by atoms with van der Waals surface area (Å²) in [5.74, 6) is 5.89. The van der Waals surface area contributed by atoms with Crippen molar-refractivity contribution < 1.29 is 0 Å². The van der Waals surface area contributed by atoms with Crippen LogP contribution in [0.25, 0.3) is 0 Å². The number of aromatic nitrogens is 2. The molecule has 76 valence electrons. The van der Waals surface area contributed by atoms with Crippen LogP contribution in [0.15, 0.2) is 12.4 Å². The van der Waals surface area contributed by atoms with Crippen LogP contribution in [-0.2, 0) is 13.1 Å². The van der Waals surface area contributed by atoms with Crippen LogP contribution in [0, 0.1) is 11.8 Å². The first-order chi connectivity index (χ1) is 6.86. The van der Waals surface area contributed by atoms with E-state index in [9.17, 15) is 0 Å². The Morgan fingerprint density at radius 1 is 1.57 bits per heavy atom. The van der Waals surface area contributed by atoms with Gasteiger partial charge in [-0.25, -0.2) is 0 Å². The summed E-state index contributed by atoms with van der Waals surface area (Å²) in [5.41, 5.74) is 1.23. The predicted molar refractivity (Wildman–Crippen MR) is 57.7 cm³/mol. The highest BCUT2D eigenvalue weighted by Crippen LogP contribution is 1.96. The van der Waals surface area contributed by atoms with Gasteiger partial charge in [0, 0.05) is 37.8 Å². The lowest BCUT2D eigenvalue weighted by atomic mass is 10.3. The van der Waals surface area contributed by atoms with Crippen LogP contribution < -0.4 is 5.32 Å². The Bertz CT molecular complexity index is 317. The van der Waals surface area contributed by atoms with Crippen molar-refractivity contribution >= 4 is 0 Å². The number of rotatable bonds is 5. The molecule has 0 bridgehead atoms. The van der Waals surface area contributed by atoms with E-state index < -0.39 is 0 Å². The minimum absolute atomic E-state index is 0.880. The Balaban J connectivity index is 2.20. The van der Waals surface area contributed by atoms with Gasteiger partial charge in [0.2, 0.25) is 0 Å². The van der Waals surface area contributed by atoms with Gasteiger partial charge in [0.1, 0.15) is 0 Å². The standard InChI is InChI=1S/C11H17N3/c1-3-5-6-7-12-8-11-9-13-14(4-2)10-11/h9-10,12H,4,6-8H2,1-2H3. The summed E-state index contributed by atoms with van der Waals surface area (Å²) in [4.78, 5) is 0. The molecule has 3 heteroatoms. The van der Waals surface area contributed by atoms with Gasteiger partial charge in [-0.15, -0.1) is 11.8 Å². The fourth-order valence-corrected chi connectivity index (χ4v) is 1.18. The van der Waals surface area contributed by atoms with Gasteiger partial charge in [0.05, 0.1) is 6.20 Å². The van der Waals surface area contributed by atoms with Crippen molar-refractivity contribution in [3.8, 4) is 11.8 Å². The third-order valence-corrected chi connectivity index (χ3v) is 1.94. The van der Waals surface area contributed by atoms with Crippen molar-refractivity contribution in [2.45, 2.75) is 33.4 Å². The molecule has 1 aromatic rings. The van der Waals surface area contributed by atoms with E-state index in [2.05, 4.69) is 35.4 Å². The van der Waals surface area contributed by atoms with E-state index >= 15 is 0 Å². The van der Waals surface area contributed by atoms with E-state index in [0.717, 1.165) is 26.1 Å². The van der Waals surface area contributed by atoms with Gasteiger partial charge in [-0.1, -0.05) is 0 Å². The fraction of sp³-hybridized carbons (Fsp3) is 0.545. The van der Waals surface area contributed by atoms with Crippen molar-refractivity contribution in [1.82, 2.24) is 15.1 Å². The molecule has 1 rings (SSSR count). The fourth-order valence-electron chi connectivity index (χ4n) is 1.18. The molecule has 0 amide bonds. The third-order valence-electron chi connectivity index (χ3n) is 1.94. The molecule has 0 saturated carbocycles. The van der Waals surface area contributed by atoms with Crippen LogP contribution in [0.3, 0.4) is 0 Å². The molecule has 0 unspecified atom stereocenters. The number of nitrogens with zero attached hydrogens (tertiary/aromatic N) is 2. The first-order valence-electron chi connectivity index (χ1n) is 4.98. The topological polar surface area (TPSA) is 29.9 Å². The molecule has 3 nitrogen and oxygen atoms in total. The van der Waals surface area contributed by atoms with Crippen molar-refractivity contribution in [2.75, 3.05) is 6.54 Å². The van der Waals surface area contributed by atoms with E-state index in [0.29, 0.717) is 0 Å². The molecule has 0 radical (unpaired) electrons. The second-order valence-corrected chi connectivity index (χ2v) is 3.06. The highest BCUT2D eigenvalue weighted by molar-refractivity contribution is 5.03. The van der Waals surface area contributed by atoms with Gasteiger partial charge in [-0.05, 0) is 13.8 Å². The minimum Gasteiger partial charge on any atom is -0.312 e. The third kappa shape index (κ3) is 3.63. The van der Waals surface area contributed by atoms with Gasteiger partial charge in [-0.3, -0.25) is 4.68 Å². The Morgan fingerprint density at radius 3 is 3.07 bits per heavy atom. The normalized spacial score (nSPS) is 9.57. The van der Waals surface area contributed by atoms with Gasteiger partial charge in [-0.2, -0.15) is 5.10 Å². The lowest BCUT2D eigenvalue weighted by Gasteiger charge is -1.98. The van der Waals surface area contributed by atoms with Crippen LogP contribution in [0.1, 0.15) is 25.8 Å². The molecule has 1 aromatic heterocycles. The van der Waals surface area contributed by atoms with Crippen LogP contribution in [0.5, 0.6) is 0 Å². The van der Waals surface area contributed by atoms with Crippen LogP contribution in [0.4, 0.5) is 0 Å². The van der Waals surface area contributed by atoms with Crippen molar-refractivity contribution in [3.05, 3.63) is 18.0 Å². The van der Waals surface area contributed by atoms with Crippen molar-refractivity contribution in [3.63, 3.8) is 0 Å². The average Bonchev–Trinajstić information content (AvgIpc) is 2.65. The maximum absolute atomic E-state index is 4.20. The molecule has 0 aliphatic heterocycles. The monoisotopic (exact) mass is 191 g/mol. The van der Waals surface area contributed by atoms with E-state index in [1.807, 2.05) is 17.8 Å². The SMILES string of the molecule is CC#CCCNCc1cnn(CC)c1. The van der Waals surface area contributed by atoms with Crippen molar-refractivity contribution in [2.24, 2.45) is 0 Å². The maximum atomic E-state index is 4.20. The average molecular weight is 191 g/mol. The lowest BCUT2D eigenvalue weighted by Crippen LogP contribution is -2.13. The lowest BCUT2D eigenvalue weighted by molar-refractivity contribution is 0.656. The second-order valence-electron chi connectivity index (χ2n) is 3.06. The van der Waals surface area contributed by atoms with Gasteiger partial charge >= 0.3 is 0 Å². The zero-order chi connectivity index (χ0) is 10.2. The molecule has 0 fully saturated rings. The van der Waals surface area contributed by atoms with E-state index in [4.69, 9.17) is 0 Å². The Hall–Kier alpha value is -1.27. The summed E-state index contributed by atoms with van der Waals surface area (Å²) >= 11 is 0. The minimum atomic E-state index is 0.880. The zero-order valence-electron chi connectivity index (χ0n) is 8.88. The van der Waals surface area contributed by atoms with E-state index in [-0.39, 0.29) is 0 Å². The Kier molecular flexibility index (Phi) is 4.81. The van der Waals surface area contributed by atoms with Crippen LogP contribution >= 0.6 is 0 Å². The quantitative estimate of drug-likeness (QED) is 0.563. The molecule has 0 aliphatic rings. The van der Waals surface area contributed by atoms with Gasteiger partial charge in [0.25, 0.3) is 0 Å². The molecular formula is C11H17N3. The first-order valence-corrected chi connectivity index (χ1v) is 4.98. The molecule has 0 saturated heterocycles. The molecule has 0 aromatic carbocycles. The number of nitrogens with one attached hydrogen (secondary N) is 1.